The van der Waals surface area contributed by atoms with Crippen molar-refractivity contribution >= 4 is 17.2 Å². The van der Waals surface area contributed by atoms with Crippen LogP contribution in [-0.4, -0.2) is 29.4 Å². The summed E-state index contributed by atoms with van der Waals surface area (Å²) in [6.07, 6.45) is 0.971. The molecule has 2 rings (SSSR count). The third-order valence-corrected chi connectivity index (χ3v) is 4.73. The smallest absolute Gasteiger partial charge is 0.284 e. The van der Waals surface area contributed by atoms with Crippen molar-refractivity contribution in [3.05, 3.63) is 39.2 Å². The lowest BCUT2D eigenvalue weighted by molar-refractivity contribution is 0.0970. The SMILES string of the molecule is Cc1ncsc1CCN(C)Cc1cc(C(N)=O)oc1C(C)(C)C. The number of thiazole rings is 1. The summed E-state index contributed by atoms with van der Waals surface area (Å²) in [5.74, 6) is 0.536. The Morgan fingerprint density at radius 3 is 2.65 bits per heavy atom. The summed E-state index contributed by atoms with van der Waals surface area (Å²) >= 11 is 1.70. The standard InChI is InChI=1S/C17H25N3O2S/c1-11-14(23-10-19-11)6-7-20(5)9-12-8-13(16(18)21)22-15(12)17(2,3)4/h8,10H,6-7,9H2,1-5H3,(H2,18,21). The predicted molar refractivity (Wildman–Crippen MR) is 92.8 cm³/mol. The molecule has 2 aromatic rings. The van der Waals surface area contributed by atoms with E-state index in [-0.39, 0.29) is 11.2 Å². The Morgan fingerprint density at radius 1 is 1.43 bits per heavy atom. The van der Waals surface area contributed by atoms with E-state index in [1.165, 1.54) is 4.88 Å². The first kappa shape index (κ1) is 17.7. The molecule has 0 unspecified atom stereocenters. The fraction of sp³-hybridized carbons (Fsp3) is 0.529. The molecule has 2 aromatic heterocycles. The Hall–Kier alpha value is -1.66. The maximum absolute atomic E-state index is 11.4. The molecule has 6 heteroatoms. The second kappa shape index (κ2) is 6.84. The van der Waals surface area contributed by atoms with Crippen molar-refractivity contribution in [2.75, 3.05) is 13.6 Å². The highest BCUT2D eigenvalue weighted by Gasteiger charge is 2.25. The molecule has 0 aromatic carbocycles. The lowest BCUT2D eigenvalue weighted by Crippen LogP contribution is -2.22. The summed E-state index contributed by atoms with van der Waals surface area (Å²) < 4.78 is 5.70. The second-order valence-electron chi connectivity index (χ2n) is 6.93. The number of likely N-dealkylation sites (N-methyl/N-ethyl adjacent to an activating group) is 1. The molecule has 5 nitrogen and oxygen atoms in total. The van der Waals surface area contributed by atoms with Gasteiger partial charge in [0, 0.05) is 28.9 Å². The van der Waals surface area contributed by atoms with Crippen LogP contribution in [0.3, 0.4) is 0 Å². The molecule has 126 valence electrons. The van der Waals surface area contributed by atoms with Gasteiger partial charge in [0.25, 0.3) is 5.91 Å². The molecule has 0 radical (unpaired) electrons. The van der Waals surface area contributed by atoms with E-state index in [4.69, 9.17) is 10.2 Å². The molecule has 0 aliphatic heterocycles. The van der Waals surface area contributed by atoms with Gasteiger partial charge in [0.15, 0.2) is 5.76 Å². The zero-order valence-electron chi connectivity index (χ0n) is 14.5. The average molecular weight is 335 g/mol. The van der Waals surface area contributed by atoms with Crippen LogP contribution in [0.2, 0.25) is 0 Å². The Bertz CT molecular complexity index is 682. The van der Waals surface area contributed by atoms with Crippen LogP contribution in [0.1, 0.15) is 53.2 Å². The number of amides is 1. The number of nitrogens with zero attached hydrogens (tertiary/aromatic N) is 2. The first-order valence-corrected chi connectivity index (χ1v) is 8.57. The molecule has 0 saturated carbocycles. The Kier molecular flexibility index (Phi) is 5.26. The van der Waals surface area contributed by atoms with Crippen molar-refractivity contribution in [1.29, 1.82) is 0 Å². The highest BCUT2D eigenvalue weighted by atomic mass is 32.1. The van der Waals surface area contributed by atoms with Crippen molar-refractivity contribution in [3.63, 3.8) is 0 Å². The maximum atomic E-state index is 11.4. The van der Waals surface area contributed by atoms with Gasteiger partial charge in [0.1, 0.15) is 5.76 Å². The number of carbonyl (C=O) groups excluding carboxylic acids is 1. The zero-order valence-corrected chi connectivity index (χ0v) is 15.3. The monoisotopic (exact) mass is 335 g/mol. The number of aromatic nitrogens is 1. The molecule has 2 N–H and O–H groups in total. The minimum Gasteiger partial charge on any atom is -0.455 e. The van der Waals surface area contributed by atoms with E-state index in [2.05, 4.69) is 37.7 Å². The minimum atomic E-state index is -0.523. The first-order valence-electron chi connectivity index (χ1n) is 7.69. The molecular formula is C17H25N3O2S. The Labute approximate surface area is 141 Å². The number of primary amides is 1. The molecule has 23 heavy (non-hydrogen) atoms. The molecule has 0 atom stereocenters. The summed E-state index contributed by atoms with van der Waals surface area (Å²) in [5, 5.41) is 0. The van der Waals surface area contributed by atoms with Gasteiger partial charge in [-0.3, -0.25) is 4.79 Å². The van der Waals surface area contributed by atoms with Gasteiger partial charge in [-0.2, -0.15) is 0 Å². The van der Waals surface area contributed by atoms with Crippen molar-refractivity contribution < 1.29 is 9.21 Å². The van der Waals surface area contributed by atoms with Crippen LogP contribution >= 0.6 is 11.3 Å². The summed E-state index contributed by atoms with van der Waals surface area (Å²) in [6, 6.07) is 1.78. The summed E-state index contributed by atoms with van der Waals surface area (Å²) in [6.45, 7) is 9.89. The van der Waals surface area contributed by atoms with Gasteiger partial charge in [-0.05, 0) is 26.5 Å². The zero-order chi connectivity index (χ0) is 17.2. The van der Waals surface area contributed by atoms with Crippen molar-refractivity contribution in [3.8, 4) is 0 Å². The van der Waals surface area contributed by atoms with Gasteiger partial charge in [-0.1, -0.05) is 20.8 Å². The second-order valence-corrected chi connectivity index (χ2v) is 7.87. The molecule has 0 aliphatic rings. The molecule has 0 spiro atoms. The maximum Gasteiger partial charge on any atom is 0.284 e. The van der Waals surface area contributed by atoms with Crippen molar-refractivity contribution in [2.45, 2.75) is 46.1 Å². The first-order chi connectivity index (χ1) is 10.7. The average Bonchev–Trinajstić information content (AvgIpc) is 3.02. The number of rotatable bonds is 6. The summed E-state index contributed by atoms with van der Waals surface area (Å²) in [5.41, 5.74) is 9.21. The van der Waals surface area contributed by atoms with Crippen LogP contribution in [0.4, 0.5) is 0 Å². The highest BCUT2D eigenvalue weighted by molar-refractivity contribution is 7.09. The van der Waals surface area contributed by atoms with Crippen LogP contribution in [0.5, 0.6) is 0 Å². The fourth-order valence-electron chi connectivity index (χ4n) is 2.53. The Balaban J connectivity index is 2.09. The van der Waals surface area contributed by atoms with E-state index in [0.717, 1.165) is 36.5 Å². The van der Waals surface area contributed by atoms with E-state index in [0.29, 0.717) is 0 Å². The van der Waals surface area contributed by atoms with Crippen LogP contribution in [0.25, 0.3) is 0 Å². The van der Waals surface area contributed by atoms with Crippen molar-refractivity contribution in [1.82, 2.24) is 9.88 Å². The molecule has 0 aliphatic carbocycles. The van der Waals surface area contributed by atoms with Crippen LogP contribution in [0.15, 0.2) is 16.0 Å². The molecule has 0 saturated heterocycles. The number of aryl methyl sites for hydroxylation is 1. The molecule has 0 bridgehead atoms. The minimum absolute atomic E-state index is 0.169. The summed E-state index contributed by atoms with van der Waals surface area (Å²) in [7, 11) is 2.07. The van der Waals surface area contributed by atoms with E-state index in [1.807, 2.05) is 12.4 Å². The third kappa shape index (κ3) is 4.42. The van der Waals surface area contributed by atoms with E-state index in [9.17, 15) is 4.79 Å². The number of hydrogen-bond donors (Lipinski definition) is 1. The number of carbonyl (C=O) groups is 1. The molecule has 1 amide bonds. The number of furan rings is 1. The predicted octanol–water partition coefficient (Wildman–Crippen LogP) is 3.12. The Morgan fingerprint density at radius 2 is 2.13 bits per heavy atom. The van der Waals surface area contributed by atoms with Crippen LogP contribution in [-0.2, 0) is 18.4 Å². The highest BCUT2D eigenvalue weighted by Crippen LogP contribution is 2.29. The topological polar surface area (TPSA) is 72.4 Å². The van der Waals surface area contributed by atoms with Crippen LogP contribution in [0, 0.1) is 6.92 Å². The van der Waals surface area contributed by atoms with Crippen LogP contribution < -0.4 is 5.73 Å². The normalized spacial score (nSPS) is 12.1. The lowest BCUT2D eigenvalue weighted by atomic mass is 9.90. The quantitative estimate of drug-likeness (QED) is 0.880. The molecule has 2 heterocycles. The summed E-state index contributed by atoms with van der Waals surface area (Å²) in [4.78, 5) is 19.2. The lowest BCUT2D eigenvalue weighted by Gasteiger charge is -2.21. The van der Waals surface area contributed by atoms with Gasteiger partial charge >= 0.3 is 0 Å². The van der Waals surface area contributed by atoms with E-state index in [1.54, 1.807) is 17.4 Å². The molecular weight excluding hydrogens is 310 g/mol. The third-order valence-electron chi connectivity index (χ3n) is 3.74. The van der Waals surface area contributed by atoms with Crippen molar-refractivity contribution in [2.24, 2.45) is 5.73 Å². The number of nitrogens with two attached hydrogens (primary N) is 1. The van der Waals surface area contributed by atoms with E-state index >= 15 is 0 Å². The van der Waals surface area contributed by atoms with Gasteiger partial charge in [0.2, 0.25) is 0 Å². The van der Waals surface area contributed by atoms with Gasteiger partial charge in [0.05, 0.1) is 11.2 Å². The molecule has 0 fully saturated rings. The number of hydrogen-bond acceptors (Lipinski definition) is 5. The largest absolute Gasteiger partial charge is 0.455 e. The van der Waals surface area contributed by atoms with Gasteiger partial charge in [-0.25, -0.2) is 4.98 Å². The van der Waals surface area contributed by atoms with Gasteiger partial charge in [-0.15, -0.1) is 11.3 Å². The van der Waals surface area contributed by atoms with E-state index < -0.39 is 5.91 Å². The van der Waals surface area contributed by atoms with Gasteiger partial charge < -0.3 is 15.1 Å². The fourth-order valence-corrected chi connectivity index (χ4v) is 3.30.